The number of rotatable bonds is 5. The molecule has 0 unspecified atom stereocenters. The number of halogens is 3. The molecule has 28 heavy (non-hydrogen) atoms. The molecule has 0 aliphatic rings. The fourth-order valence-electron chi connectivity index (χ4n) is 2.41. The second-order valence-corrected chi connectivity index (χ2v) is 5.53. The molecule has 0 aliphatic heterocycles. The van der Waals surface area contributed by atoms with Gasteiger partial charge >= 0.3 is 12.4 Å². The van der Waals surface area contributed by atoms with Gasteiger partial charge in [-0.05, 0) is 48.5 Å². The van der Waals surface area contributed by atoms with Crippen LogP contribution >= 0.6 is 0 Å². The lowest BCUT2D eigenvalue weighted by atomic mass is 10.2. The highest BCUT2D eigenvalue weighted by Gasteiger charge is 2.31. The largest absolute Gasteiger partial charge is 0.573 e. The van der Waals surface area contributed by atoms with E-state index in [1.54, 1.807) is 31.3 Å². The van der Waals surface area contributed by atoms with Crippen LogP contribution in [0.15, 0.2) is 48.5 Å². The van der Waals surface area contributed by atoms with Crippen LogP contribution in [0.5, 0.6) is 5.75 Å². The molecule has 146 valence electrons. The van der Waals surface area contributed by atoms with E-state index in [0.717, 1.165) is 0 Å². The van der Waals surface area contributed by atoms with Crippen LogP contribution in [0.1, 0.15) is 0 Å². The number of nitrogens with two attached hydrogens (primary N) is 1. The molecule has 1 aromatic heterocycles. The predicted molar refractivity (Wildman–Crippen MR) is 96.2 cm³/mol. The Hall–Kier alpha value is -3.76. The second-order valence-electron chi connectivity index (χ2n) is 5.53. The summed E-state index contributed by atoms with van der Waals surface area (Å²) in [6.07, 6.45) is -4.76. The minimum atomic E-state index is -4.76. The van der Waals surface area contributed by atoms with Crippen LogP contribution in [0.25, 0.3) is 17.1 Å². The van der Waals surface area contributed by atoms with E-state index in [-0.39, 0.29) is 5.75 Å². The van der Waals surface area contributed by atoms with Gasteiger partial charge in [0.05, 0.1) is 5.69 Å². The van der Waals surface area contributed by atoms with Crippen molar-refractivity contribution < 1.29 is 22.7 Å². The molecule has 0 bridgehead atoms. The number of nitrogens with zero attached hydrogens (tertiary/aromatic N) is 3. The molecule has 2 amide bonds. The highest BCUT2D eigenvalue weighted by molar-refractivity contribution is 5.88. The number of hydrogen-bond donors (Lipinski definition) is 3. The zero-order valence-corrected chi connectivity index (χ0v) is 14.5. The van der Waals surface area contributed by atoms with E-state index in [2.05, 4.69) is 25.5 Å². The first kappa shape index (κ1) is 19.0. The number of urea groups is 1. The van der Waals surface area contributed by atoms with Crippen LogP contribution in [0.3, 0.4) is 0 Å². The zero-order valence-electron chi connectivity index (χ0n) is 14.5. The molecule has 2 aromatic carbocycles. The molecule has 0 saturated heterocycles. The molecule has 0 spiro atoms. The number of benzene rings is 2. The van der Waals surface area contributed by atoms with Crippen molar-refractivity contribution in [1.29, 1.82) is 0 Å². The Morgan fingerprint density at radius 1 is 1.11 bits per heavy atom. The van der Waals surface area contributed by atoms with Crippen molar-refractivity contribution in [2.75, 3.05) is 17.7 Å². The number of amides is 2. The summed E-state index contributed by atoms with van der Waals surface area (Å²) in [5.41, 5.74) is 6.74. The maximum atomic E-state index is 12.3. The number of nitrogens with one attached hydrogen (secondary N) is 2. The second kappa shape index (κ2) is 7.47. The van der Waals surface area contributed by atoms with E-state index in [1.807, 2.05) is 0 Å². The molecule has 1 heterocycles. The van der Waals surface area contributed by atoms with Crippen LogP contribution in [0, 0.1) is 0 Å². The number of anilines is 2. The number of alkyl halides is 3. The maximum Gasteiger partial charge on any atom is 0.573 e. The van der Waals surface area contributed by atoms with Gasteiger partial charge in [-0.2, -0.15) is 9.67 Å². The lowest BCUT2D eigenvalue weighted by molar-refractivity contribution is -0.274. The van der Waals surface area contributed by atoms with Crippen LogP contribution in [-0.2, 0) is 0 Å². The van der Waals surface area contributed by atoms with Crippen molar-refractivity contribution in [2.45, 2.75) is 6.36 Å². The van der Waals surface area contributed by atoms with Gasteiger partial charge in [0.2, 0.25) is 5.95 Å². The monoisotopic (exact) mass is 392 g/mol. The number of primary amides is 1. The molecule has 0 saturated carbocycles. The first-order chi connectivity index (χ1) is 13.2. The number of hydrogen-bond acceptors (Lipinski definition) is 5. The highest BCUT2D eigenvalue weighted by atomic mass is 19.4. The first-order valence-electron chi connectivity index (χ1n) is 7.93. The molecule has 0 atom stereocenters. The maximum absolute atomic E-state index is 12.3. The van der Waals surface area contributed by atoms with Crippen molar-refractivity contribution in [3.63, 3.8) is 0 Å². The SMILES string of the molecule is CNc1nc(-c2ccc(NC(N)=O)cc2)nn1-c1ccc(OC(F)(F)F)cc1. The quantitative estimate of drug-likeness (QED) is 0.617. The average Bonchev–Trinajstić information content (AvgIpc) is 3.05. The van der Waals surface area contributed by atoms with E-state index in [9.17, 15) is 18.0 Å². The van der Waals surface area contributed by atoms with Gasteiger partial charge in [0.15, 0.2) is 5.82 Å². The van der Waals surface area contributed by atoms with Crippen molar-refractivity contribution >= 4 is 17.7 Å². The summed E-state index contributed by atoms with van der Waals surface area (Å²) < 4.78 is 42.2. The summed E-state index contributed by atoms with van der Waals surface area (Å²) in [7, 11) is 1.64. The van der Waals surface area contributed by atoms with Crippen LogP contribution in [-0.4, -0.2) is 34.2 Å². The summed E-state index contributed by atoms with van der Waals surface area (Å²) in [5, 5.41) is 9.71. The van der Waals surface area contributed by atoms with Crippen molar-refractivity contribution in [2.24, 2.45) is 5.73 Å². The van der Waals surface area contributed by atoms with Crippen molar-refractivity contribution in [3.05, 3.63) is 48.5 Å². The third-order valence-corrected chi connectivity index (χ3v) is 3.56. The Balaban J connectivity index is 1.87. The summed E-state index contributed by atoms with van der Waals surface area (Å²) in [4.78, 5) is 15.2. The van der Waals surface area contributed by atoms with Gasteiger partial charge in [0.1, 0.15) is 5.75 Å². The molecule has 8 nitrogen and oxygen atoms in total. The van der Waals surface area contributed by atoms with Gasteiger partial charge in [-0.15, -0.1) is 18.3 Å². The van der Waals surface area contributed by atoms with Gasteiger partial charge in [-0.3, -0.25) is 0 Å². The van der Waals surface area contributed by atoms with Crippen LogP contribution in [0.2, 0.25) is 0 Å². The molecule has 0 radical (unpaired) electrons. The van der Waals surface area contributed by atoms with Gasteiger partial charge in [0.25, 0.3) is 0 Å². The molecule has 3 rings (SSSR count). The topological polar surface area (TPSA) is 107 Å². The number of aromatic nitrogens is 3. The van der Waals surface area contributed by atoms with Gasteiger partial charge in [-0.25, -0.2) is 4.79 Å². The third-order valence-electron chi connectivity index (χ3n) is 3.56. The lowest BCUT2D eigenvalue weighted by Gasteiger charge is -2.10. The summed E-state index contributed by atoms with van der Waals surface area (Å²) in [6.45, 7) is 0. The molecule has 4 N–H and O–H groups in total. The van der Waals surface area contributed by atoms with Crippen LogP contribution < -0.4 is 21.1 Å². The fraction of sp³-hybridized carbons (Fsp3) is 0.118. The summed E-state index contributed by atoms with van der Waals surface area (Å²) in [6, 6.07) is 11.2. The lowest BCUT2D eigenvalue weighted by Crippen LogP contribution is -2.19. The highest BCUT2D eigenvalue weighted by Crippen LogP contribution is 2.26. The average molecular weight is 392 g/mol. The number of carbonyl (C=O) groups is 1. The molecule has 11 heteroatoms. The molecule has 0 aliphatic carbocycles. The zero-order chi connectivity index (χ0) is 20.3. The summed E-state index contributed by atoms with van der Waals surface area (Å²) >= 11 is 0. The third kappa shape index (κ3) is 4.50. The number of ether oxygens (including phenoxy) is 1. The Labute approximate surface area is 157 Å². The standard InChI is InChI=1S/C17H15F3N6O2/c1-22-16-24-14(10-2-4-11(5-3-10)23-15(21)27)25-26(16)12-6-8-13(9-7-12)28-17(18,19)20/h2-9H,1H3,(H3,21,23,27)(H,22,24,25). The summed E-state index contributed by atoms with van der Waals surface area (Å²) in [5.74, 6) is 0.435. The smallest absolute Gasteiger partial charge is 0.406 e. The minimum Gasteiger partial charge on any atom is -0.406 e. The van der Waals surface area contributed by atoms with Crippen LogP contribution in [0.4, 0.5) is 29.6 Å². The van der Waals surface area contributed by atoms with E-state index in [0.29, 0.717) is 28.7 Å². The van der Waals surface area contributed by atoms with E-state index < -0.39 is 12.4 Å². The molecule has 0 fully saturated rings. The van der Waals surface area contributed by atoms with E-state index >= 15 is 0 Å². The Kier molecular flexibility index (Phi) is 5.07. The van der Waals surface area contributed by atoms with Crippen molar-refractivity contribution in [1.82, 2.24) is 14.8 Å². The Morgan fingerprint density at radius 3 is 2.29 bits per heavy atom. The molecular weight excluding hydrogens is 377 g/mol. The first-order valence-corrected chi connectivity index (χ1v) is 7.93. The van der Waals surface area contributed by atoms with Gasteiger partial charge < -0.3 is 21.1 Å². The predicted octanol–water partition coefficient (Wildman–Crippen LogP) is 3.37. The normalized spacial score (nSPS) is 11.1. The van der Waals surface area contributed by atoms with E-state index in [4.69, 9.17) is 5.73 Å². The van der Waals surface area contributed by atoms with E-state index in [1.165, 1.54) is 28.9 Å². The Bertz CT molecular complexity index is 968. The molecular formula is C17H15F3N6O2. The fourth-order valence-corrected chi connectivity index (χ4v) is 2.41. The van der Waals surface area contributed by atoms with Crippen molar-refractivity contribution in [3.8, 4) is 22.8 Å². The number of carbonyl (C=O) groups excluding carboxylic acids is 1. The van der Waals surface area contributed by atoms with Gasteiger partial charge in [0, 0.05) is 18.3 Å². The van der Waals surface area contributed by atoms with Gasteiger partial charge in [-0.1, -0.05) is 0 Å². The minimum absolute atomic E-state index is 0.333. The molecule has 3 aromatic rings. The Morgan fingerprint density at radius 2 is 1.75 bits per heavy atom.